The third kappa shape index (κ3) is 3.52. The maximum absolute atomic E-state index is 2.46. The van der Waals surface area contributed by atoms with Crippen LogP contribution in [-0.4, -0.2) is 4.01 Å². The molecular formula is C36H27I. The van der Waals surface area contributed by atoms with E-state index in [2.05, 4.69) is 137 Å². The summed E-state index contributed by atoms with van der Waals surface area (Å²) in [6.07, 6.45) is 2.28. The lowest BCUT2D eigenvalue weighted by Crippen LogP contribution is -2.28. The van der Waals surface area contributed by atoms with Crippen molar-refractivity contribution in [3.8, 4) is 22.3 Å². The maximum atomic E-state index is 2.46. The third-order valence-electron chi connectivity index (χ3n) is 7.93. The summed E-state index contributed by atoms with van der Waals surface area (Å²) in [6, 6.07) is 41.4. The van der Waals surface area contributed by atoms with Gasteiger partial charge in [-0.05, 0) is 95.8 Å². The van der Waals surface area contributed by atoms with Gasteiger partial charge in [0.2, 0.25) is 0 Å². The first-order valence-electron chi connectivity index (χ1n) is 12.8. The van der Waals surface area contributed by atoms with Crippen LogP contribution in [0.1, 0.15) is 44.5 Å². The molecule has 1 heterocycles. The van der Waals surface area contributed by atoms with Crippen LogP contribution in [0.15, 0.2) is 113 Å². The first-order chi connectivity index (χ1) is 18.1. The lowest BCUT2D eigenvalue weighted by molar-refractivity contribution is 0.768. The van der Waals surface area contributed by atoms with E-state index in [1.807, 2.05) is 0 Å². The molecule has 0 saturated heterocycles. The van der Waals surface area contributed by atoms with E-state index in [1.165, 1.54) is 66.8 Å². The number of rotatable bonds is 3. The number of benzene rings is 5. The maximum Gasteiger partial charge on any atom is 0.0713 e. The van der Waals surface area contributed by atoms with Crippen molar-refractivity contribution in [2.45, 2.75) is 19.3 Å². The Hall–Kier alpha value is -3.56. The molecule has 5 aromatic carbocycles. The van der Waals surface area contributed by atoms with Gasteiger partial charge in [-0.2, -0.15) is 0 Å². The Morgan fingerprint density at radius 3 is 1.89 bits per heavy atom. The van der Waals surface area contributed by atoms with Crippen LogP contribution in [0, 0.1) is 13.8 Å². The Bertz CT molecular complexity index is 1670. The number of fused-ring (bicyclic) bond motifs is 4. The van der Waals surface area contributed by atoms with Crippen molar-refractivity contribution in [1.29, 1.82) is 0 Å². The molecule has 7 rings (SSSR count). The van der Waals surface area contributed by atoms with Crippen molar-refractivity contribution in [2.24, 2.45) is 0 Å². The second-order valence-electron chi connectivity index (χ2n) is 10.2. The van der Waals surface area contributed by atoms with Crippen LogP contribution in [-0.2, 0) is 5.41 Å². The number of aryl methyl sites for hydroxylation is 2. The molecule has 0 aromatic heterocycles. The predicted octanol–water partition coefficient (Wildman–Crippen LogP) is 9.44. The molecule has 1 aliphatic heterocycles. The van der Waals surface area contributed by atoms with Crippen LogP contribution < -0.4 is 0 Å². The van der Waals surface area contributed by atoms with Crippen molar-refractivity contribution >= 4 is 30.8 Å². The highest BCUT2D eigenvalue weighted by molar-refractivity contribution is 14.2. The molecule has 5 aromatic rings. The van der Waals surface area contributed by atoms with Crippen LogP contribution in [0.3, 0.4) is 0 Å². The highest BCUT2D eigenvalue weighted by Gasteiger charge is 2.46. The van der Waals surface area contributed by atoms with Gasteiger partial charge in [0.1, 0.15) is 0 Å². The van der Waals surface area contributed by atoms with Crippen molar-refractivity contribution < 1.29 is 0 Å². The normalized spacial score (nSPS) is 14.4. The summed E-state index contributed by atoms with van der Waals surface area (Å²) >= 11 is 0.0175. The van der Waals surface area contributed by atoms with E-state index < -0.39 is 0 Å². The van der Waals surface area contributed by atoms with E-state index in [0.29, 0.717) is 0 Å². The lowest BCUT2D eigenvalue weighted by Gasteiger charge is -2.34. The van der Waals surface area contributed by atoms with Gasteiger partial charge in [-0.3, -0.25) is 0 Å². The molecule has 0 amide bonds. The Balaban J connectivity index is 1.54. The molecule has 0 nitrogen and oxygen atoms in total. The summed E-state index contributed by atoms with van der Waals surface area (Å²) in [7, 11) is 0. The average molecular weight is 587 g/mol. The van der Waals surface area contributed by atoms with Gasteiger partial charge in [0.15, 0.2) is 0 Å². The molecule has 1 heteroatoms. The molecule has 0 atom stereocenters. The second kappa shape index (κ2) is 8.78. The van der Waals surface area contributed by atoms with Gasteiger partial charge in [-0.25, -0.2) is 0 Å². The minimum atomic E-state index is -0.363. The summed E-state index contributed by atoms with van der Waals surface area (Å²) < 4.78 is 4.77. The summed E-state index contributed by atoms with van der Waals surface area (Å²) in [5, 5.41) is 0. The molecule has 1 aliphatic carbocycles. The summed E-state index contributed by atoms with van der Waals surface area (Å²) in [6.45, 7) is 4.34. The Morgan fingerprint density at radius 2 is 1.16 bits per heavy atom. The SMILES string of the molecule is Cc1ccc(C2(c3ccc(C)cc3)c3ccccc3-c3ccc(-c4ccc5c(c4)C=IC=C5)cc32)cc1. The number of halogens is 1. The molecule has 0 saturated carbocycles. The van der Waals surface area contributed by atoms with Crippen molar-refractivity contribution in [1.82, 2.24) is 0 Å². The first-order valence-corrected chi connectivity index (χ1v) is 15.3. The molecule has 2 aliphatic rings. The fraction of sp³-hybridized carbons (Fsp3) is 0.0833. The molecule has 0 unspecified atom stereocenters. The smallest absolute Gasteiger partial charge is 0.0713 e. The predicted molar refractivity (Wildman–Crippen MR) is 167 cm³/mol. The van der Waals surface area contributed by atoms with E-state index in [0.717, 1.165) is 0 Å². The molecule has 37 heavy (non-hydrogen) atoms. The standard InChI is InChI=1S/C36H27I/c1-24-7-14-30(15-8-24)36(31-16-9-25(2)10-17-31)34-6-4-3-5-32(34)33-18-13-28(22-35(33)36)27-12-11-26-19-20-37-23-29(26)21-27/h3-23H,1-2H3. The Kier molecular flexibility index (Phi) is 5.37. The van der Waals surface area contributed by atoms with Crippen molar-refractivity contribution in [3.05, 3.63) is 158 Å². The second-order valence-corrected chi connectivity index (χ2v) is 12.2. The Morgan fingerprint density at radius 1 is 0.541 bits per heavy atom. The monoisotopic (exact) mass is 586 g/mol. The van der Waals surface area contributed by atoms with Gasteiger partial charge >= 0.3 is 0 Å². The van der Waals surface area contributed by atoms with E-state index >= 15 is 0 Å². The zero-order valence-corrected chi connectivity index (χ0v) is 23.2. The van der Waals surface area contributed by atoms with E-state index in [4.69, 9.17) is 0 Å². The lowest BCUT2D eigenvalue weighted by atomic mass is 9.67. The highest BCUT2D eigenvalue weighted by Crippen LogP contribution is 2.56. The van der Waals surface area contributed by atoms with Crippen LogP contribution in [0.5, 0.6) is 0 Å². The first kappa shape index (κ1) is 22.6. The molecule has 0 radical (unpaired) electrons. The largest absolute Gasteiger partial charge is 0.0931 e. The fourth-order valence-corrected chi connectivity index (χ4v) is 7.79. The van der Waals surface area contributed by atoms with Crippen molar-refractivity contribution in [3.63, 3.8) is 0 Å². The number of hydrogen-bond acceptors (Lipinski definition) is 0. The molecule has 0 spiro atoms. The van der Waals surface area contributed by atoms with Gasteiger partial charge in [0.05, 0.1) is 5.41 Å². The van der Waals surface area contributed by atoms with Crippen LogP contribution in [0.4, 0.5) is 0 Å². The Labute approximate surface area is 229 Å². The van der Waals surface area contributed by atoms with Crippen LogP contribution in [0.25, 0.3) is 28.3 Å². The van der Waals surface area contributed by atoms with E-state index in [1.54, 1.807) is 0 Å². The summed E-state index contributed by atoms with van der Waals surface area (Å²) in [4.78, 5) is 0. The summed E-state index contributed by atoms with van der Waals surface area (Å²) in [5.41, 5.74) is 15.5. The minimum absolute atomic E-state index is 0.0175. The quantitative estimate of drug-likeness (QED) is 0.181. The summed E-state index contributed by atoms with van der Waals surface area (Å²) in [5.74, 6) is 0. The van der Waals surface area contributed by atoms with Crippen LogP contribution >= 0.6 is 20.7 Å². The minimum Gasteiger partial charge on any atom is -0.0931 e. The molecule has 0 fully saturated rings. The average Bonchev–Trinajstić information content (AvgIpc) is 3.24. The molecule has 0 bridgehead atoms. The van der Waals surface area contributed by atoms with E-state index in [9.17, 15) is 0 Å². The number of hydrogen-bond donors (Lipinski definition) is 0. The van der Waals surface area contributed by atoms with Gasteiger partial charge in [-0.1, -0.05) is 129 Å². The topological polar surface area (TPSA) is 0 Å². The fourth-order valence-electron chi connectivity index (χ4n) is 6.06. The molecule has 0 N–H and O–H groups in total. The van der Waals surface area contributed by atoms with E-state index in [-0.39, 0.29) is 26.1 Å². The van der Waals surface area contributed by atoms with Crippen LogP contribution in [0.2, 0.25) is 0 Å². The van der Waals surface area contributed by atoms with Crippen molar-refractivity contribution in [2.75, 3.05) is 0 Å². The molecular weight excluding hydrogens is 559 g/mol. The third-order valence-corrected chi connectivity index (χ3v) is 9.74. The van der Waals surface area contributed by atoms with Gasteiger partial charge in [-0.15, -0.1) is 0 Å². The highest BCUT2D eigenvalue weighted by atomic mass is 127. The molecule has 178 valence electrons. The van der Waals surface area contributed by atoms with Gasteiger partial charge in [0, 0.05) is 0 Å². The van der Waals surface area contributed by atoms with Gasteiger partial charge in [0.25, 0.3) is 0 Å². The zero-order chi connectivity index (χ0) is 25.0. The zero-order valence-electron chi connectivity index (χ0n) is 21.0. The van der Waals surface area contributed by atoms with Gasteiger partial charge < -0.3 is 0 Å².